The Morgan fingerprint density at radius 1 is 1.19 bits per heavy atom. The molecule has 0 bridgehead atoms. The van der Waals surface area contributed by atoms with Crippen molar-refractivity contribution in [3.8, 4) is 17.2 Å². The van der Waals surface area contributed by atoms with E-state index in [0.717, 1.165) is 6.26 Å². The van der Waals surface area contributed by atoms with Crippen LogP contribution in [0.2, 0.25) is 0 Å². The lowest BCUT2D eigenvalue weighted by atomic mass is 10.1. The number of carbonyl (C=O) groups is 1. The van der Waals surface area contributed by atoms with Crippen LogP contribution in [0, 0.1) is 0 Å². The summed E-state index contributed by atoms with van der Waals surface area (Å²) < 4.78 is 35.4. The number of fused-ring (bicyclic) bond motifs is 1. The summed E-state index contributed by atoms with van der Waals surface area (Å²) in [5.41, 5.74) is 1.16. The number of phenols is 1. The fourth-order valence-corrected chi connectivity index (χ4v) is 3.11. The first-order valence-electron chi connectivity index (χ1n) is 7.74. The van der Waals surface area contributed by atoms with Gasteiger partial charge in [-0.2, -0.15) is 0 Å². The minimum absolute atomic E-state index is 0.0381. The Balaban J connectivity index is 1.77. The Morgan fingerprint density at radius 2 is 1.88 bits per heavy atom. The van der Waals surface area contributed by atoms with Crippen LogP contribution in [0.15, 0.2) is 36.4 Å². The van der Waals surface area contributed by atoms with E-state index in [-0.39, 0.29) is 18.1 Å². The average molecular weight is 378 g/mol. The molecule has 1 aliphatic heterocycles. The van der Waals surface area contributed by atoms with E-state index >= 15 is 0 Å². The van der Waals surface area contributed by atoms with Crippen LogP contribution in [0.1, 0.15) is 28.9 Å². The number of sulfonamides is 1. The molecule has 1 heterocycles. The molecule has 0 saturated heterocycles. The maximum Gasteiger partial charge on any atom is 0.255 e. The number of aromatic hydroxyl groups is 1. The highest BCUT2D eigenvalue weighted by atomic mass is 32.2. The van der Waals surface area contributed by atoms with Crippen molar-refractivity contribution >= 4 is 21.6 Å². The number of benzene rings is 2. The molecule has 138 valence electrons. The maximum absolute atomic E-state index is 12.5. The Hall–Kier alpha value is -2.94. The summed E-state index contributed by atoms with van der Waals surface area (Å²) in [7, 11) is -3.39. The van der Waals surface area contributed by atoms with Crippen molar-refractivity contribution in [1.29, 1.82) is 0 Å². The zero-order chi connectivity index (χ0) is 18.9. The van der Waals surface area contributed by atoms with E-state index in [4.69, 9.17) is 9.47 Å². The molecule has 3 N–H and O–H groups in total. The second-order valence-electron chi connectivity index (χ2n) is 5.92. The van der Waals surface area contributed by atoms with Crippen molar-refractivity contribution in [3.63, 3.8) is 0 Å². The lowest BCUT2D eigenvalue weighted by Gasteiger charge is -2.16. The van der Waals surface area contributed by atoms with Crippen LogP contribution in [0.4, 0.5) is 5.69 Å². The van der Waals surface area contributed by atoms with Crippen molar-refractivity contribution in [2.75, 3.05) is 17.8 Å². The summed E-state index contributed by atoms with van der Waals surface area (Å²) in [4.78, 5) is 12.5. The van der Waals surface area contributed by atoms with E-state index in [2.05, 4.69) is 10.0 Å². The molecule has 0 radical (unpaired) electrons. The lowest BCUT2D eigenvalue weighted by Crippen LogP contribution is -2.26. The smallest absolute Gasteiger partial charge is 0.255 e. The van der Waals surface area contributed by atoms with E-state index < -0.39 is 22.0 Å². The third-order valence-electron chi connectivity index (χ3n) is 3.77. The number of nitrogens with one attached hydrogen (secondary N) is 2. The fourth-order valence-electron chi connectivity index (χ4n) is 2.56. The summed E-state index contributed by atoms with van der Waals surface area (Å²) in [6.45, 7) is 1.79. The third kappa shape index (κ3) is 3.99. The van der Waals surface area contributed by atoms with Crippen LogP contribution < -0.4 is 19.5 Å². The third-order valence-corrected chi connectivity index (χ3v) is 4.38. The molecular formula is C17H18N2O6S. The standard InChI is InChI=1S/C17H18N2O6S/c1-10(11-4-3-5-12(6-11)19-26(2,22)23)18-17(21)13-7-15-16(8-14(13)20)25-9-24-15/h3-8,10,19-20H,9H2,1-2H3,(H,18,21)/t10-/m0/s1. The zero-order valence-corrected chi connectivity index (χ0v) is 15.0. The summed E-state index contributed by atoms with van der Waals surface area (Å²) in [5, 5.41) is 12.8. The normalized spacial score (nSPS) is 13.9. The molecule has 9 heteroatoms. The quantitative estimate of drug-likeness (QED) is 0.733. The molecule has 26 heavy (non-hydrogen) atoms. The molecule has 0 unspecified atom stereocenters. The highest BCUT2D eigenvalue weighted by Crippen LogP contribution is 2.37. The van der Waals surface area contributed by atoms with Crippen molar-refractivity contribution in [2.45, 2.75) is 13.0 Å². The second-order valence-corrected chi connectivity index (χ2v) is 7.67. The van der Waals surface area contributed by atoms with Gasteiger partial charge in [-0.1, -0.05) is 12.1 Å². The van der Waals surface area contributed by atoms with Crippen LogP contribution in [0.5, 0.6) is 17.2 Å². The molecular weight excluding hydrogens is 360 g/mol. The summed E-state index contributed by atoms with van der Waals surface area (Å²) >= 11 is 0. The number of carbonyl (C=O) groups excluding carboxylic acids is 1. The molecule has 0 aliphatic carbocycles. The number of rotatable bonds is 5. The number of hydrogen-bond donors (Lipinski definition) is 3. The molecule has 2 aromatic carbocycles. The number of anilines is 1. The topological polar surface area (TPSA) is 114 Å². The first-order chi connectivity index (χ1) is 12.2. The van der Waals surface area contributed by atoms with Crippen LogP contribution >= 0.6 is 0 Å². The van der Waals surface area contributed by atoms with Gasteiger partial charge in [-0.15, -0.1) is 0 Å². The molecule has 3 rings (SSSR count). The highest BCUT2D eigenvalue weighted by Gasteiger charge is 2.22. The van der Waals surface area contributed by atoms with Crippen molar-refractivity contribution in [1.82, 2.24) is 5.32 Å². The molecule has 0 fully saturated rings. The van der Waals surface area contributed by atoms with Crippen molar-refractivity contribution in [3.05, 3.63) is 47.5 Å². The Bertz CT molecular complexity index is 958. The van der Waals surface area contributed by atoms with Gasteiger partial charge < -0.3 is 19.9 Å². The first kappa shape index (κ1) is 17.9. The van der Waals surface area contributed by atoms with Gasteiger partial charge in [0.1, 0.15) is 5.75 Å². The summed E-state index contributed by atoms with van der Waals surface area (Å²) in [6, 6.07) is 9.02. The minimum atomic E-state index is -3.39. The fraction of sp³-hybridized carbons (Fsp3) is 0.235. The molecule has 1 atom stereocenters. The lowest BCUT2D eigenvalue weighted by molar-refractivity contribution is 0.0936. The Labute approximate surface area is 150 Å². The van der Waals surface area contributed by atoms with Gasteiger partial charge in [0.25, 0.3) is 5.91 Å². The largest absolute Gasteiger partial charge is 0.507 e. The van der Waals surface area contributed by atoms with Gasteiger partial charge in [0.05, 0.1) is 17.9 Å². The number of amides is 1. The average Bonchev–Trinajstić information content (AvgIpc) is 2.99. The predicted molar refractivity (Wildman–Crippen MR) is 95.0 cm³/mol. The van der Waals surface area contributed by atoms with Crippen LogP contribution in [-0.2, 0) is 10.0 Å². The SMILES string of the molecule is C[C@H](NC(=O)c1cc2c(cc1O)OCO2)c1cccc(NS(C)(=O)=O)c1. The number of phenolic OH excluding ortho intramolecular Hbond substituents is 1. The second kappa shape index (κ2) is 6.75. The van der Waals surface area contributed by atoms with Crippen LogP contribution in [-0.4, -0.2) is 32.5 Å². The molecule has 0 spiro atoms. The molecule has 2 aromatic rings. The van der Waals surface area contributed by atoms with Gasteiger partial charge in [0, 0.05) is 17.8 Å². The Kier molecular flexibility index (Phi) is 4.64. The predicted octanol–water partition coefficient (Wildman–Crippen LogP) is 1.98. The number of ether oxygens (including phenoxy) is 2. The molecule has 1 aliphatic rings. The van der Waals surface area contributed by atoms with Gasteiger partial charge in [-0.05, 0) is 24.6 Å². The maximum atomic E-state index is 12.5. The number of hydrogen-bond acceptors (Lipinski definition) is 6. The van der Waals surface area contributed by atoms with Crippen LogP contribution in [0.25, 0.3) is 0 Å². The molecule has 0 aromatic heterocycles. The minimum Gasteiger partial charge on any atom is -0.507 e. The summed E-state index contributed by atoms with van der Waals surface area (Å²) in [5.74, 6) is 0.0628. The van der Waals surface area contributed by atoms with E-state index in [1.807, 2.05) is 0 Å². The van der Waals surface area contributed by atoms with E-state index in [1.54, 1.807) is 31.2 Å². The monoisotopic (exact) mass is 378 g/mol. The molecule has 1 amide bonds. The van der Waals surface area contributed by atoms with Gasteiger partial charge in [0.15, 0.2) is 11.5 Å². The van der Waals surface area contributed by atoms with Crippen LogP contribution in [0.3, 0.4) is 0 Å². The molecule has 0 saturated carbocycles. The Morgan fingerprint density at radius 3 is 2.58 bits per heavy atom. The molecule has 8 nitrogen and oxygen atoms in total. The van der Waals surface area contributed by atoms with Gasteiger partial charge >= 0.3 is 0 Å². The van der Waals surface area contributed by atoms with E-state index in [9.17, 15) is 18.3 Å². The van der Waals surface area contributed by atoms with Gasteiger partial charge in [-0.3, -0.25) is 9.52 Å². The highest BCUT2D eigenvalue weighted by molar-refractivity contribution is 7.92. The van der Waals surface area contributed by atoms with E-state index in [1.165, 1.54) is 12.1 Å². The first-order valence-corrected chi connectivity index (χ1v) is 9.63. The van der Waals surface area contributed by atoms with E-state index in [0.29, 0.717) is 22.7 Å². The van der Waals surface area contributed by atoms with Crippen molar-refractivity contribution < 1.29 is 27.8 Å². The van der Waals surface area contributed by atoms with Gasteiger partial charge in [-0.25, -0.2) is 8.42 Å². The van der Waals surface area contributed by atoms with Gasteiger partial charge in [0.2, 0.25) is 16.8 Å². The zero-order valence-electron chi connectivity index (χ0n) is 14.1. The summed E-state index contributed by atoms with van der Waals surface area (Å²) in [6.07, 6.45) is 1.06. The van der Waals surface area contributed by atoms with Crippen molar-refractivity contribution in [2.24, 2.45) is 0 Å².